The van der Waals surface area contributed by atoms with Gasteiger partial charge in [-0.3, -0.25) is 14.1 Å². The first-order chi connectivity index (χ1) is 20.3. The molecule has 0 rings (SSSR count). The summed E-state index contributed by atoms with van der Waals surface area (Å²) >= 11 is 0. The van der Waals surface area contributed by atoms with Crippen LogP contribution in [0, 0.1) is 0 Å². The van der Waals surface area contributed by atoms with E-state index in [0.717, 1.165) is 57.8 Å². The van der Waals surface area contributed by atoms with Crippen molar-refractivity contribution in [3.63, 3.8) is 0 Å². The number of phosphoric acid groups is 1. The van der Waals surface area contributed by atoms with Gasteiger partial charge in [0.15, 0.2) is 6.10 Å². The number of allylic oxidation sites excluding steroid dienone is 8. The molecule has 0 amide bonds. The van der Waals surface area contributed by atoms with Gasteiger partial charge in [0, 0.05) is 12.8 Å². The second-order valence-electron chi connectivity index (χ2n) is 10.4. The summed E-state index contributed by atoms with van der Waals surface area (Å²) in [6.45, 7) is 3.47. The zero-order valence-electron chi connectivity index (χ0n) is 26.1. The molecule has 0 aromatic carbocycles. The molecule has 1 atom stereocenters. The van der Waals surface area contributed by atoms with Crippen LogP contribution in [0.2, 0.25) is 0 Å². The Kier molecular flexibility index (Phi) is 27.7. The van der Waals surface area contributed by atoms with E-state index in [1.807, 2.05) is 0 Å². The smallest absolute Gasteiger partial charge is 0.462 e. The summed E-state index contributed by atoms with van der Waals surface area (Å²) in [6.07, 6.45) is 32.7. The number of hydrogen-bond acceptors (Lipinski definition) is 6. The summed E-state index contributed by atoms with van der Waals surface area (Å²) < 4.78 is 26.1. The number of esters is 2. The minimum Gasteiger partial charge on any atom is -0.462 e. The van der Waals surface area contributed by atoms with Gasteiger partial charge in [0.05, 0.1) is 6.61 Å². The molecule has 0 spiro atoms. The molecule has 0 unspecified atom stereocenters. The summed E-state index contributed by atoms with van der Waals surface area (Å²) in [7, 11) is -4.75. The molecular weight excluding hydrogens is 555 g/mol. The normalized spacial score (nSPS) is 13.1. The molecule has 0 heterocycles. The van der Waals surface area contributed by atoms with Crippen molar-refractivity contribution in [1.29, 1.82) is 0 Å². The van der Waals surface area contributed by atoms with Crippen LogP contribution in [0.15, 0.2) is 48.6 Å². The summed E-state index contributed by atoms with van der Waals surface area (Å²) in [4.78, 5) is 42.4. The fourth-order valence-corrected chi connectivity index (χ4v) is 4.37. The lowest BCUT2D eigenvalue weighted by atomic mass is 10.1. The largest absolute Gasteiger partial charge is 0.469 e. The van der Waals surface area contributed by atoms with Crippen molar-refractivity contribution in [1.82, 2.24) is 0 Å². The van der Waals surface area contributed by atoms with Gasteiger partial charge in [-0.05, 0) is 51.4 Å². The van der Waals surface area contributed by atoms with Crippen LogP contribution in [0.4, 0.5) is 0 Å². The van der Waals surface area contributed by atoms with Crippen molar-refractivity contribution < 1.29 is 37.9 Å². The molecule has 242 valence electrons. The fourth-order valence-electron chi connectivity index (χ4n) is 4.01. The number of ether oxygens (including phenoxy) is 2. The predicted molar refractivity (Wildman–Crippen MR) is 170 cm³/mol. The van der Waals surface area contributed by atoms with Gasteiger partial charge in [0.1, 0.15) is 6.61 Å². The van der Waals surface area contributed by atoms with Crippen molar-refractivity contribution in [2.24, 2.45) is 0 Å². The van der Waals surface area contributed by atoms with Crippen molar-refractivity contribution in [3.05, 3.63) is 48.6 Å². The van der Waals surface area contributed by atoms with Crippen molar-refractivity contribution in [2.75, 3.05) is 13.2 Å². The van der Waals surface area contributed by atoms with E-state index in [4.69, 9.17) is 19.3 Å². The SMILES string of the molecule is CC/C=C/C/C=C/C/C=C/C/C=C/CCCCC(=O)O[C@H](COC(=O)CCCCCCCCCCC)COP(=O)(O)O. The summed E-state index contributed by atoms with van der Waals surface area (Å²) in [5.74, 6) is -0.942. The molecule has 0 saturated carbocycles. The first-order valence-electron chi connectivity index (χ1n) is 15.9. The van der Waals surface area contributed by atoms with E-state index < -0.39 is 32.5 Å². The number of carbonyl (C=O) groups excluding carboxylic acids is 2. The van der Waals surface area contributed by atoms with E-state index >= 15 is 0 Å². The molecular formula is C33H57O8P. The van der Waals surface area contributed by atoms with Crippen molar-refractivity contribution in [3.8, 4) is 0 Å². The number of phosphoric ester groups is 1. The van der Waals surface area contributed by atoms with Crippen LogP contribution in [0.25, 0.3) is 0 Å². The van der Waals surface area contributed by atoms with Crippen LogP contribution in [0.5, 0.6) is 0 Å². The Balaban J connectivity index is 4.14. The Morgan fingerprint density at radius 1 is 0.643 bits per heavy atom. The highest BCUT2D eigenvalue weighted by atomic mass is 31.2. The highest BCUT2D eigenvalue weighted by Crippen LogP contribution is 2.35. The van der Waals surface area contributed by atoms with E-state index in [1.54, 1.807) is 0 Å². The van der Waals surface area contributed by atoms with Crippen molar-refractivity contribution >= 4 is 19.8 Å². The molecule has 42 heavy (non-hydrogen) atoms. The number of carbonyl (C=O) groups is 2. The monoisotopic (exact) mass is 612 g/mol. The van der Waals surface area contributed by atoms with Crippen LogP contribution in [0.3, 0.4) is 0 Å². The minimum atomic E-state index is -4.75. The van der Waals surface area contributed by atoms with E-state index in [1.165, 1.54) is 38.5 Å². The van der Waals surface area contributed by atoms with Gasteiger partial charge in [0.2, 0.25) is 0 Å². The molecule has 0 aromatic rings. The Labute approximate surface area is 254 Å². The lowest BCUT2D eigenvalue weighted by molar-refractivity contribution is -0.161. The molecule has 2 N–H and O–H groups in total. The van der Waals surface area contributed by atoms with Gasteiger partial charge in [-0.15, -0.1) is 0 Å². The maximum absolute atomic E-state index is 12.3. The van der Waals surface area contributed by atoms with Gasteiger partial charge in [-0.25, -0.2) is 4.57 Å². The molecule has 0 aliphatic rings. The zero-order valence-corrected chi connectivity index (χ0v) is 27.0. The van der Waals surface area contributed by atoms with Gasteiger partial charge in [0.25, 0.3) is 0 Å². The van der Waals surface area contributed by atoms with E-state index in [9.17, 15) is 14.2 Å². The first kappa shape index (κ1) is 40.0. The van der Waals surface area contributed by atoms with Crippen LogP contribution in [0.1, 0.15) is 129 Å². The highest BCUT2D eigenvalue weighted by Gasteiger charge is 2.22. The molecule has 0 radical (unpaired) electrons. The second-order valence-corrected chi connectivity index (χ2v) is 11.6. The fraction of sp³-hybridized carbons (Fsp3) is 0.697. The van der Waals surface area contributed by atoms with Crippen LogP contribution in [-0.2, 0) is 28.2 Å². The van der Waals surface area contributed by atoms with Gasteiger partial charge in [-0.2, -0.15) is 0 Å². The molecule has 0 fully saturated rings. The predicted octanol–water partition coefficient (Wildman–Crippen LogP) is 8.84. The standard InChI is InChI=1S/C33H57O8P/c1-3-5-7-9-11-13-14-15-16-17-18-20-22-24-26-28-33(35)41-31(30-40-42(36,37)38)29-39-32(34)27-25-23-21-19-12-10-8-6-4-2/h5,7,11,13,15-16,18,20,31H,3-4,6,8-10,12,14,17,19,21-30H2,1-2H3,(H2,36,37,38)/b7-5+,13-11+,16-15+,20-18+/t31-/m1/s1. The lowest BCUT2D eigenvalue weighted by Crippen LogP contribution is -2.29. The second kappa shape index (κ2) is 29.1. The zero-order chi connectivity index (χ0) is 31.2. The Morgan fingerprint density at radius 2 is 1.14 bits per heavy atom. The van der Waals surface area contributed by atoms with Crippen LogP contribution in [-0.4, -0.2) is 41.0 Å². The minimum absolute atomic E-state index is 0.159. The summed E-state index contributed by atoms with van der Waals surface area (Å²) in [6, 6.07) is 0. The number of hydrogen-bond donors (Lipinski definition) is 2. The van der Waals surface area contributed by atoms with Gasteiger partial charge in [-0.1, -0.05) is 114 Å². The van der Waals surface area contributed by atoms with Crippen LogP contribution < -0.4 is 0 Å². The Morgan fingerprint density at radius 3 is 1.71 bits per heavy atom. The third-order valence-corrected chi connectivity index (χ3v) is 6.85. The van der Waals surface area contributed by atoms with Crippen LogP contribution >= 0.6 is 7.82 Å². The van der Waals surface area contributed by atoms with Crippen molar-refractivity contribution in [2.45, 2.75) is 136 Å². The maximum Gasteiger partial charge on any atom is 0.469 e. The van der Waals surface area contributed by atoms with E-state index in [2.05, 4.69) is 67.0 Å². The average Bonchev–Trinajstić information content (AvgIpc) is 2.95. The number of rotatable bonds is 28. The molecule has 0 aromatic heterocycles. The molecule has 9 heteroatoms. The average molecular weight is 613 g/mol. The maximum atomic E-state index is 12.3. The summed E-state index contributed by atoms with van der Waals surface area (Å²) in [5, 5.41) is 0. The third-order valence-electron chi connectivity index (χ3n) is 6.36. The Bertz CT molecular complexity index is 828. The van der Waals surface area contributed by atoms with Gasteiger partial charge < -0.3 is 19.3 Å². The quantitative estimate of drug-likeness (QED) is 0.0389. The molecule has 0 bridgehead atoms. The third kappa shape index (κ3) is 31.0. The lowest BCUT2D eigenvalue weighted by Gasteiger charge is -2.18. The molecule has 0 aliphatic carbocycles. The first-order valence-corrected chi connectivity index (χ1v) is 17.5. The molecule has 0 aliphatic heterocycles. The van der Waals surface area contributed by atoms with E-state index in [-0.39, 0.29) is 19.4 Å². The summed E-state index contributed by atoms with van der Waals surface area (Å²) in [5.41, 5.74) is 0. The topological polar surface area (TPSA) is 119 Å². The van der Waals surface area contributed by atoms with Gasteiger partial charge >= 0.3 is 19.8 Å². The molecule has 8 nitrogen and oxygen atoms in total. The van der Waals surface area contributed by atoms with E-state index in [0.29, 0.717) is 6.42 Å². The number of unbranched alkanes of at least 4 members (excludes halogenated alkanes) is 10. The Hall–Kier alpha value is -1.99. The molecule has 0 saturated heterocycles. The highest BCUT2D eigenvalue weighted by molar-refractivity contribution is 7.46.